The minimum atomic E-state index is 0.741. The average Bonchev–Trinajstić information content (AvgIpc) is 2.12. The summed E-state index contributed by atoms with van der Waals surface area (Å²) in [6, 6.07) is 6.36. The summed E-state index contributed by atoms with van der Waals surface area (Å²) in [5.74, 6) is 0. The second-order valence-corrected chi connectivity index (χ2v) is 4.05. The molecule has 3 heteroatoms. The Balaban J connectivity index is 2.53. The van der Waals surface area contributed by atoms with Crippen LogP contribution >= 0.6 is 22.6 Å². The van der Waals surface area contributed by atoms with Crippen molar-refractivity contribution >= 4 is 28.3 Å². The maximum Gasteiger partial charge on any atom is 0.0635 e. The van der Waals surface area contributed by atoms with Gasteiger partial charge in [-0.1, -0.05) is 6.07 Å². The van der Waals surface area contributed by atoms with Gasteiger partial charge in [-0.25, -0.2) is 0 Å². The van der Waals surface area contributed by atoms with Gasteiger partial charge < -0.3 is 10.1 Å². The van der Waals surface area contributed by atoms with Gasteiger partial charge in [0.2, 0.25) is 0 Å². The van der Waals surface area contributed by atoms with E-state index in [4.69, 9.17) is 4.74 Å². The normalized spacial score (nSPS) is 10.1. The van der Waals surface area contributed by atoms with E-state index in [1.165, 1.54) is 9.13 Å². The number of ether oxygens (including phenoxy) is 1. The minimum absolute atomic E-state index is 0.741. The number of benzene rings is 1. The van der Waals surface area contributed by atoms with Crippen molar-refractivity contribution in [2.45, 2.75) is 6.92 Å². The number of rotatable bonds is 4. The highest BCUT2D eigenvalue weighted by Crippen LogP contribution is 2.16. The Labute approximate surface area is 92.8 Å². The molecule has 72 valence electrons. The molecule has 0 aromatic heterocycles. The van der Waals surface area contributed by atoms with Crippen LogP contribution in [-0.4, -0.2) is 20.3 Å². The van der Waals surface area contributed by atoms with Gasteiger partial charge in [0.05, 0.1) is 6.61 Å². The monoisotopic (exact) mass is 291 g/mol. The first-order valence-corrected chi connectivity index (χ1v) is 5.31. The molecule has 1 N–H and O–H groups in total. The van der Waals surface area contributed by atoms with Crippen LogP contribution in [0.5, 0.6) is 0 Å². The molecule has 1 aromatic carbocycles. The molecule has 0 spiro atoms. The molecule has 1 aromatic rings. The summed E-state index contributed by atoms with van der Waals surface area (Å²) in [7, 11) is 1.71. The Morgan fingerprint density at radius 1 is 1.46 bits per heavy atom. The summed E-state index contributed by atoms with van der Waals surface area (Å²) in [5, 5.41) is 3.28. The Kier molecular flexibility index (Phi) is 4.52. The predicted octanol–water partition coefficient (Wildman–Crippen LogP) is 2.66. The molecular formula is C10H14INO. The van der Waals surface area contributed by atoms with E-state index in [-0.39, 0.29) is 0 Å². The van der Waals surface area contributed by atoms with Gasteiger partial charge in [-0.2, -0.15) is 0 Å². The maximum atomic E-state index is 4.95. The van der Waals surface area contributed by atoms with Crippen molar-refractivity contribution in [2.75, 3.05) is 25.6 Å². The molecule has 0 radical (unpaired) electrons. The molecule has 0 bridgehead atoms. The van der Waals surface area contributed by atoms with E-state index in [1.807, 2.05) is 0 Å². The van der Waals surface area contributed by atoms with Crippen LogP contribution in [0, 0.1) is 10.5 Å². The second-order valence-electron chi connectivity index (χ2n) is 2.88. The molecule has 1 rings (SSSR count). The van der Waals surface area contributed by atoms with Crippen molar-refractivity contribution in [2.24, 2.45) is 0 Å². The Morgan fingerprint density at radius 3 is 2.85 bits per heavy atom. The minimum Gasteiger partial charge on any atom is -0.383 e. The predicted molar refractivity (Wildman–Crippen MR) is 64.3 cm³/mol. The van der Waals surface area contributed by atoms with Crippen LogP contribution in [0.2, 0.25) is 0 Å². The van der Waals surface area contributed by atoms with Gasteiger partial charge in [0, 0.05) is 22.9 Å². The number of hydrogen-bond acceptors (Lipinski definition) is 2. The van der Waals surface area contributed by atoms with Crippen molar-refractivity contribution < 1.29 is 4.74 Å². The highest BCUT2D eigenvalue weighted by Gasteiger charge is 1.95. The summed E-state index contributed by atoms with van der Waals surface area (Å²) in [6.45, 7) is 3.71. The summed E-state index contributed by atoms with van der Waals surface area (Å²) in [4.78, 5) is 0. The zero-order valence-corrected chi connectivity index (χ0v) is 10.1. The third-order valence-corrected chi connectivity index (χ3v) is 2.97. The maximum absolute atomic E-state index is 4.95. The Bertz CT molecular complexity index is 276. The summed E-state index contributed by atoms with van der Waals surface area (Å²) in [5.41, 5.74) is 2.48. The zero-order valence-electron chi connectivity index (χ0n) is 7.93. The molecule has 0 aliphatic rings. The fourth-order valence-corrected chi connectivity index (χ4v) is 1.52. The zero-order chi connectivity index (χ0) is 9.68. The van der Waals surface area contributed by atoms with Gasteiger partial charge in [-0.05, 0) is 47.2 Å². The van der Waals surface area contributed by atoms with Gasteiger partial charge in [0.15, 0.2) is 0 Å². The molecule has 0 unspecified atom stereocenters. The molecule has 0 aliphatic carbocycles. The van der Waals surface area contributed by atoms with E-state index in [0.717, 1.165) is 18.8 Å². The lowest BCUT2D eigenvalue weighted by Gasteiger charge is -2.06. The first-order chi connectivity index (χ1) is 6.24. The van der Waals surface area contributed by atoms with Gasteiger partial charge in [-0.15, -0.1) is 0 Å². The number of methoxy groups -OCH3 is 1. The molecule has 13 heavy (non-hydrogen) atoms. The number of nitrogens with one attached hydrogen (secondary N) is 1. The van der Waals surface area contributed by atoms with Crippen LogP contribution in [0.15, 0.2) is 18.2 Å². The third kappa shape index (κ3) is 3.52. The van der Waals surface area contributed by atoms with Gasteiger partial charge in [-0.3, -0.25) is 0 Å². The van der Waals surface area contributed by atoms with Crippen molar-refractivity contribution in [3.63, 3.8) is 0 Å². The van der Waals surface area contributed by atoms with Crippen molar-refractivity contribution in [3.8, 4) is 0 Å². The number of halogens is 1. The lowest BCUT2D eigenvalue weighted by Crippen LogP contribution is -2.07. The van der Waals surface area contributed by atoms with E-state index < -0.39 is 0 Å². The molecule has 0 heterocycles. The van der Waals surface area contributed by atoms with E-state index in [0.29, 0.717) is 0 Å². The number of aryl methyl sites for hydroxylation is 1. The summed E-state index contributed by atoms with van der Waals surface area (Å²) < 4.78 is 6.24. The van der Waals surface area contributed by atoms with E-state index in [2.05, 4.69) is 53.0 Å². The molecule has 2 nitrogen and oxygen atoms in total. The highest BCUT2D eigenvalue weighted by atomic mass is 127. The molecule has 0 fully saturated rings. The molecular weight excluding hydrogens is 277 g/mol. The highest BCUT2D eigenvalue weighted by molar-refractivity contribution is 14.1. The van der Waals surface area contributed by atoms with Gasteiger partial charge in [0.1, 0.15) is 0 Å². The van der Waals surface area contributed by atoms with Crippen LogP contribution in [0.1, 0.15) is 5.56 Å². The van der Waals surface area contributed by atoms with Gasteiger partial charge >= 0.3 is 0 Å². The fraction of sp³-hybridized carbons (Fsp3) is 0.400. The quantitative estimate of drug-likeness (QED) is 0.680. The van der Waals surface area contributed by atoms with Crippen molar-refractivity contribution in [1.82, 2.24) is 0 Å². The Hall–Kier alpha value is -0.290. The molecule has 0 aliphatic heterocycles. The van der Waals surface area contributed by atoms with Crippen molar-refractivity contribution in [3.05, 3.63) is 27.3 Å². The van der Waals surface area contributed by atoms with E-state index in [1.54, 1.807) is 7.11 Å². The van der Waals surface area contributed by atoms with Crippen LogP contribution in [-0.2, 0) is 4.74 Å². The van der Waals surface area contributed by atoms with E-state index >= 15 is 0 Å². The second kappa shape index (κ2) is 5.44. The van der Waals surface area contributed by atoms with E-state index in [9.17, 15) is 0 Å². The smallest absolute Gasteiger partial charge is 0.0635 e. The van der Waals surface area contributed by atoms with Crippen LogP contribution in [0.25, 0.3) is 0 Å². The number of hydrogen-bond donors (Lipinski definition) is 1. The topological polar surface area (TPSA) is 21.3 Å². The standard InChI is InChI=1S/C10H14INO/c1-8-3-4-9(7-10(8)11)12-5-6-13-2/h3-4,7,12H,5-6H2,1-2H3. The number of anilines is 1. The molecule has 0 saturated carbocycles. The first kappa shape index (κ1) is 10.8. The SMILES string of the molecule is COCCNc1ccc(C)c(I)c1. The van der Waals surface area contributed by atoms with Gasteiger partial charge in [0.25, 0.3) is 0 Å². The largest absolute Gasteiger partial charge is 0.383 e. The molecule has 0 saturated heterocycles. The van der Waals surface area contributed by atoms with Crippen LogP contribution in [0.4, 0.5) is 5.69 Å². The van der Waals surface area contributed by atoms with Crippen LogP contribution in [0.3, 0.4) is 0 Å². The lowest BCUT2D eigenvalue weighted by atomic mass is 10.2. The first-order valence-electron chi connectivity index (χ1n) is 4.23. The Morgan fingerprint density at radius 2 is 2.23 bits per heavy atom. The molecule has 0 atom stereocenters. The van der Waals surface area contributed by atoms with Crippen molar-refractivity contribution in [1.29, 1.82) is 0 Å². The average molecular weight is 291 g/mol. The summed E-state index contributed by atoms with van der Waals surface area (Å²) >= 11 is 2.34. The summed E-state index contributed by atoms with van der Waals surface area (Å²) in [6.07, 6.45) is 0. The molecule has 0 amide bonds. The van der Waals surface area contributed by atoms with Crippen LogP contribution < -0.4 is 5.32 Å². The lowest BCUT2D eigenvalue weighted by molar-refractivity contribution is 0.211. The fourth-order valence-electron chi connectivity index (χ4n) is 1.00. The third-order valence-electron chi connectivity index (χ3n) is 1.81.